The number of ether oxygens (including phenoxy) is 2. The Balaban J connectivity index is 1.78. The molecule has 0 atom stereocenters. The molecule has 0 spiro atoms. The summed E-state index contributed by atoms with van der Waals surface area (Å²) in [6.07, 6.45) is 0. The van der Waals surface area contributed by atoms with Crippen LogP contribution >= 0.6 is 39.7 Å². The molecule has 148 valence electrons. The molecule has 0 amide bonds. The topological polar surface area (TPSA) is 64.1 Å². The molecule has 1 heterocycles. The monoisotopic (exact) mass is 482 g/mol. The molecular formula is C19H20BrClN4O2S. The zero-order valence-corrected chi connectivity index (χ0v) is 18.6. The van der Waals surface area contributed by atoms with Gasteiger partial charge in [-0.1, -0.05) is 39.7 Å². The first kappa shape index (κ1) is 20.7. The third-order valence-corrected chi connectivity index (χ3v) is 5.21. The van der Waals surface area contributed by atoms with E-state index in [1.165, 1.54) is 0 Å². The van der Waals surface area contributed by atoms with Crippen molar-refractivity contribution >= 4 is 39.7 Å². The van der Waals surface area contributed by atoms with Gasteiger partial charge in [0.15, 0.2) is 11.5 Å². The fourth-order valence-electron chi connectivity index (χ4n) is 2.61. The van der Waals surface area contributed by atoms with E-state index in [1.807, 2.05) is 50.2 Å². The van der Waals surface area contributed by atoms with Crippen LogP contribution in [0.5, 0.6) is 11.5 Å². The van der Waals surface area contributed by atoms with Gasteiger partial charge >= 0.3 is 0 Å². The van der Waals surface area contributed by atoms with Crippen molar-refractivity contribution in [3.8, 4) is 11.5 Å². The average molecular weight is 484 g/mol. The van der Waals surface area contributed by atoms with Gasteiger partial charge in [-0.05, 0) is 61.5 Å². The number of halogens is 2. The Hall–Kier alpha value is -2.03. The van der Waals surface area contributed by atoms with E-state index in [9.17, 15) is 0 Å². The highest BCUT2D eigenvalue weighted by molar-refractivity contribution is 9.10. The van der Waals surface area contributed by atoms with E-state index in [1.54, 1.807) is 4.68 Å². The van der Waals surface area contributed by atoms with Gasteiger partial charge in [-0.15, -0.1) is 0 Å². The Kier molecular flexibility index (Phi) is 6.98. The van der Waals surface area contributed by atoms with Crippen LogP contribution in [-0.4, -0.2) is 21.5 Å². The number of aromatic nitrogens is 3. The first-order valence-corrected chi connectivity index (χ1v) is 10.3. The molecular weight excluding hydrogens is 464 g/mol. The highest BCUT2D eigenvalue weighted by Crippen LogP contribution is 2.34. The zero-order valence-electron chi connectivity index (χ0n) is 15.5. The van der Waals surface area contributed by atoms with Crippen molar-refractivity contribution in [2.75, 3.05) is 12.0 Å². The number of H-pyrrole nitrogens is 1. The first-order valence-electron chi connectivity index (χ1n) is 8.68. The molecule has 2 N–H and O–H groups in total. The van der Waals surface area contributed by atoms with Crippen LogP contribution in [0.2, 0.25) is 5.02 Å². The van der Waals surface area contributed by atoms with Crippen LogP contribution in [0.1, 0.15) is 23.9 Å². The molecule has 28 heavy (non-hydrogen) atoms. The summed E-state index contributed by atoms with van der Waals surface area (Å²) in [7, 11) is 0. The van der Waals surface area contributed by atoms with Gasteiger partial charge < -0.3 is 14.9 Å². The molecule has 0 unspecified atom stereocenters. The van der Waals surface area contributed by atoms with E-state index in [-0.39, 0.29) is 0 Å². The summed E-state index contributed by atoms with van der Waals surface area (Å²) in [5, 5.41) is 7.52. The minimum atomic E-state index is 0.397. The highest BCUT2D eigenvalue weighted by atomic mass is 79.9. The summed E-state index contributed by atoms with van der Waals surface area (Å²) in [6, 6.07) is 11.4. The van der Waals surface area contributed by atoms with Crippen LogP contribution < -0.4 is 14.9 Å². The van der Waals surface area contributed by atoms with Crippen LogP contribution in [0.4, 0.5) is 0 Å². The minimum absolute atomic E-state index is 0.397. The molecule has 0 aliphatic carbocycles. The summed E-state index contributed by atoms with van der Waals surface area (Å²) >= 11 is 14.9. The van der Waals surface area contributed by atoms with Gasteiger partial charge in [-0.25, -0.2) is 4.68 Å². The van der Waals surface area contributed by atoms with Gasteiger partial charge in [-0.3, -0.25) is 5.10 Å². The lowest BCUT2D eigenvalue weighted by molar-refractivity contribution is 0.269. The van der Waals surface area contributed by atoms with E-state index >= 15 is 0 Å². The minimum Gasteiger partial charge on any atom is -0.490 e. The molecule has 3 rings (SSSR count). The Labute approximate surface area is 181 Å². The van der Waals surface area contributed by atoms with Gasteiger partial charge in [0.1, 0.15) is 12.4 Å². The summed E-state index contributed by atoms with van der Waals surface area (Å²) < 4.78 is 14.9. The molecule has 0 fully saturated rings. The lowest BCUT2D eigenvalue weighted by Crippen LogP contribution is -2.16. The molecule has 0 aliphatic heterocycles. The molecule has 0 saturated heterocycles. The Bertz CT molecular complexity index is 1020. The zero-order chi connectivity index (χ0) is 20.1. The van der Waals surface area contributed by atoms with Crippen LogP contribution in [0.25, 0.3) is 0 Å². The van der Waals surface area contributed by atoms with Crippen LogP contribution in [-0.2, 0) is 13.2 Å². The predicted molar refractivity (Wildman–Crippen MR) is 116 cm³/mol. The number of hydrogen-bond donors (Lipinski definition) is 2. The molecule has 0 saturated carbocycles. The van der Waals surface area contributed by atoms with E-state index in [0.29, 0.717) is 41.1 Å². The Morgan fingerprint density at radius 3 is 2.71 bits per heavy atom. The number of nitrogens with zero attached hydrogens (tertiary/aromatic N) is 2. The van der Waals surface area contributed by atoms with Gasteiger partial charge in [0, 0.05) is 9.50 Å². The van der Waals surface area contributed by atoms with Crippen molar-refractivity contribution in [2.45, 2.75) is 27.0 Å². The van der Waals surface area contributed by atoms with E-state index in [0.717, 1.165) is 21.4 Å². The second-order valence-electron chi connectivity index (χ2n) is 5.99. The van der Waals surface area contributed by atoms with Crippen LogP contribution in [0.15, 0.2) is 40.9 Å². The lowest BCUT2D eigenvalue weighted by atomic mass is 10.2. The van der Waals surface area contributed by atoms with Crippen molar-refractivity contribution in [2.24, 2.45) is 0 Å². The number of nitrogens with one attached hydrogen (secondary N) is 2. The number of benzene rings is 2. The first-order chi connectivity index (χ1) is 13.5. The molecule has 0 bridgehead atoms. The van der Waals surface area contributed by atoms with Crippen molar-refractivity contribution < 1.29 is 9.47 Å². The predicted octanol–water partition coefficient (Wildman–Crippen LogP) is 5.39. The smallest absolute Gasteiger partial charge is 0.214 e. The van der Waals surface area contributed by atoms with Crippen molar-refractivity contribution in [1.29, 1.82) is 0 Å². The normalized spacial score (nSPS) is 10.7. The number of hydrogen-bond acceptors (Lipinski definition) is 5. The number of aromatic amines is 1. The number of rotatable bonds is 8. The summed E-state index contributed by atoms with van der Waals surface area (Å²) in [6.45, 7) is 5.27. The second kappa shape index (κ2) is 9.45. The third-order valence-electron chi connectivity index (χ3n) is 3.96. The van der Waals surface area contributed by atoms with Gasteiger partial charge in [0.05, 0.1) is 13.2 Å². The summed E-state index contributed by atoms with van der Waals surface area (Å²) in [5.74, 6) is 2.10. The fourth-order valence-corrected chi connectivity index (χ4v) is 3.53. The summed E-state index contributed by atoms with van der Waals surface area (Å²) in [5.41, 5.74) is 5.24. The molecule has 0 aliphatic rings. The van der Waals surface area contributed by atoms with E-state index in [2.05, 4.69) is 31.6 Å². The van der Waals surface area contributed by atoms with Crippen molar-refractivity contribution in [1.82, 2.24) is 14.9 Å². The number of aryl methyl sites for hydroxylation is 1. The van der Waals surface area contributed by atoms with Crippen LogP contribution in [0, 0.1) is 11.7 Å². The van der Waals surface area contributed by atoms with Crippen LogP contribution in [0.3, 0.4) is 0 Å². The highest BCUT2D eigenvalue weighted by Gasteiger charge is 2.12. The SMILES string of the molecule is CCOc1cc(CNn2c(C)n[nH]c2=S)c(Br)cc1OCc1cccc(Cl)c1. The standard InChI is InChI=1S/C19H20BrClN4O2S/c1-3-26-17-8-14(10-22-25-12(2)23-24-19(25)28)16(20)9-18(17)27-11-13-5-4-6-15(21)7-13/h4-9,22H,3,10-11H2,1-2H3,(H,24,28). The Morgan fingerprint density at radius 2 is 2.04 bits per heavy atom. The molecule has 9 heteroatoms. The quantitative estimate of drug-likeness (QED) is 0.421. The largest absolute Gasteiger partial charge is 0.490 e. The second-order valence-corrected chi connectivity index (χ2v) is 7.67. The third kappa shape index (κ3) is 5.06. The molecule has 6 nitrogen and oxygen atoms in total. The van der Waals surface area contributed by atoms with Gasteiger partial charge in [0.2, 0.25) is 4.77 Å². The molecule has 2 aromatic carbocycles. The maximum absolute atomic E-state index is 6.04. The molecule has 3 aromatic rings. The lowest BCUT2D eigenvalue weighted by Gasteiger charge is -2.16. The maximum atomic E-state index is 6.04. The van der Waals surface area contributed by atoms with Gasteiger partial charge in [-0.2, -0.15) is 5.10 Å². The molecule has 0 radical (unpaired) electrons. The van der Waals surface area contributed by atoms with Crippen molar-refractivity contribution in [3.63, 3.8) is 0 Å². The van der Waals surface area contributed by atoms with E-state index in [4.69, 9.17) is 33.3 Å². The van der Waals surface area contributed by atoms with Crippen molar-refractivity contribution in [3.05, 3.63) is 67.6 Å². The van der Waals surface area contributed by atoms with E-state index < -0.39 is 0 Å². The van der Waals surface area contributed by atoms with Gasteiger partial charge in [0.25, 0.3) is 0 Å². The molecule has 1 aromatic heterocycles. The Morgan fingerprint density at radius 1 is 1.25 bits per heavy atom. The maximum Gasteiger partial charge on any atom is 0.214 e. The summed E-state index contributed by atoms with van der Waals surface area (Å²) in [4.78, 5) is 0. The average Bonchev–Trinajstić information content (AvgIpc) is 2.98. The fraction of sp³-hybridized carbons (Fsp3) is 0.263.